The van der Waals surface area contributed by atoms with Crippen LogP contribution in [0.2, 0.25) is 0 Å². The summed E-state index contributed by atoms with van der Waals surface area (Å²) in [5.41, 5.74) is 6.87. The molecule has 0 aliphatic carbocycles. The Balaban J connectivity index is 1.95. The van der Waals surface area contributed by atoms with Crippen molar-refractivity contribution in [2.75, 3.05) is 19.0 Å². The van der Waals surface area contributed by atoms with Crippen molar-refractivity contribution >= 4 is 22.6 Å². The lowest BCUT2D eigenvalue weighted by molar-refractivity contribution is 0.0251. The highest BCUT2D eigenvalue weighted by Gasteiger charge is 2.52. The molecule has 4 aromatic rings. The van der Waals surface area contributed by atoms with Crippen molar-refractivity contribution in [1.29, 1.82) is 0 Å². The number of esters is 1. The lowest BCUT2D eigenvalue weighted by Crippen LogP contribution is -2.32. The highest BCUT2D eigenvalue weighted by atomic mass is 16.6. The molecule has 3 heterocycles. The maximum Gasteiger partial charge on any atom is 0.340 e. The van der Waals surface area contributed by atoms with Gasteiger partial charge in [-0.05, 0) is 50.1 Å². The lowest BCUT2D eigenvalue weighted by Gasteiger charge is -2.33. The number of benzene rings is 2. The Morgan fingerprint density at radius 1 is 1.06 bits per heavy atom. The second-order valence-electron chi connectivity index (χ2n) is 8.80. The summed E-state index contributed by atoms with van der Waals surface area (Å²) in [5.74, 6) is -0.307. The minimum absolute atomic E-state index is 0.307. The molecule has 1 atom stereocenters. The van der Waals surface area contributed by atoms with E-state index in [0.717, 1.165) is 57.5 Å². The summed E-state index contributed by atoms with van der Waals surface area (Å²) in [6.45, 7) is 7.25. The second kappa shape index (κ2) is 7.77. The van der Waals surface area contributed by atoms with E-state index in [0.29, 0.717) is 5.56 Å². The van der Waals surface area contributed by atoms with E-state index in [2.05, 4.69) is 77.7 Å². The largest absolute Gasteiger partial charge is 0.440 e. The molecule has 1 unspecified atom stereocenters. The number of fused-ring (bicyclic) bond motifs is 2. The van der Waals surface area contributed by atoms with Crippen LogP contribution in [-0.4, -0.2) is 29.6 Å². The zero-order valence-corrected chi connectivity index (χ0v) is 19.8. The molecule has 0 fully saturated rings. The number of nitrogens with zero attached hydrogens (tertiary/aromatic N) is 3. The number of hydrogen-bond acceptors (Lipinski definition) is 4. The van der Waals surface area contributed by atoms with E-state index in [9.17, 15) is 4.79 Å². The molecule has 168 valence electrons. The topological polar surface area (TPSA) is 47.4 Å². The molecule has 0 saturated heterocycles. The van der Waals surface area contributed by atoms with Gasteiger partial charge in [-0.25, -0.2) is 4.79 Å². The van der Waals surface area contributed by atoms with Gasteiger partial charge < -0.3 is 14.2 Å². The second-order valence-corrected chi connectivity index (χ2v) is 8.80. The van der Waals surface area contributed by atoms with Crippen LogP contribution in [0.4, 0.5) is 5.69 Å². The first-order valence-corrected chi connectivity index (χ1v) is 11.5. The average molecular weight is 440 g/mol. The van der Waals surface area contributed by atoms with E-state index in [1.807, 2.05) is 14.1 Å². The van der Waals surface area contributed by atoms with Crippen LogP contribution < -0.4 is 4.90 Å². The predicted octanol–water partition coefficient (Wildman–Crippen LogP) is 5.46. The zero-order chi connectivity index (χ0) is 23.3. The van der Waals surface area contributed by atoms with E-state index < -0.39 is 5.60 Å². The Kier molecular flexibility index (Phi) is 5.00. The molecule has 0 spiro atoms. The first kappa shape index (κ1) is 21.3. The molecule has 0 bridgehead atoms. The minimum atomic E-state index is -1.05. The van der Waals surface area contributed by atoms with Crippen molar-refractivity contribution in [2.24, 2.45) is 0 Å². The standard InChI is InChI=1S/C28H29N3O2/c1-6-19-16-20(30(4)5)12-13-23(19)28(24-17-29-15-14-21(24)27(32)33-28)26-18(3)31(7-2)25-11-9-8-10-22(25)26/h8-17H,6-7H2,1-5H3. The number of carbonyl (C=O) groups is 1. The van der Waals surface area contributed by atoms with Crippen LogP contribution in [0.15, 0.2) is 60.9 Å². The Bertz CT molecular complexity index is 1390. The van der Waals surface area contributed by atoms with Gasteiger partial charge >= 0.3 is 5.97 Å². The summed E-state index contributed by atoms with van der Waals surface area (Å²) >= 11 is 0. The van der Waals surface area contributed by atoms with Crippen molar-refractivity contribution in [3.05, 3.63) is 94.4 Å². The fourth-order valence-corrected chi connectivity index (χ4v) is 5.40. The van der Waals surface area contributed by atoms with Crippen LogP contribution >= 0.6 is 0 Å². The van der Waals surface area contributed by atoms with Gasteiger partial charge in [0, 0.05) is 72.0 Å². The fourth-order valence-electron chi connectivity index (χ4n) is 5.40. The number of ether oxygens (including phenoxy) is 1. The lowest BCUT2D eigenvalue weighted by atomic mass is 9.77. The number of carbonyl (C=O) groups excluding carboxylic acids is 1. The molecule has 2 aromatic carbocycles. The van der Waals surface area contributed by atoms with Crippen LogP contribution in [0.25, 0.3) is 10.9 Å². The van der Waals surface area contributed by atoms with Crippen LogP contribution in [0, 0.1) is 6.92 Å². The van der Waals surface area contributed by atoms with Crippen molar-refractivity contribution < 1.29 is 9.53 Å². The van der Waals surface area contributed by atoms with E-state index in [1.54, 1.807) is 18.5 Å². The van der Waals surface area contributed by atoms with Gasteiger partial charge in [0.2, 0.25) is 0 Å². The van der Waals surface area contributed by atoms with Gasteiger partial charge in [0.05, 0.1) is 5.56 Å². The van der Waals surface area contributed by atoms with Gasteiger partial charge in [0.25, 0.3) is 0 Å². The highest BCUT2D eigenvalue weighted by molar-refractivity contribution is 5.98. The summed E-state index contributed by atoms with van der Waals surface area (Å²) in [4.78, 5) is 19.8. The van der Waals surface area contributed by atoms with Gasteiger partial charge in [-0.1, -0.05) is 31.2 Å². The van der Waals surface area contributed by atoms with Gasteiger partial charge in [-0.15, -0.1) is 0 Å². The Morgan fingerprint density at radius 2 is 1.85 bits per heavy atom. The minimum Gasteiger partial charge on any atom is -0.440 e. The van der Waals surface area contributed by atoms with E-state index in [4.69, 9.17) is 4.74 Å². The molecule has 5 heteroatoms. The third-order valence-electron chi connectivity index (χ3n) is 6.93. The van der Waals surface area contributed by atoms with Gasteiger partial charge in [0.1, 0.15) is 0 Å². The zero-order valence-electron chi connectivity index (χ0n) is 19.8. The number of pyridine rings is 1. The van der Waals surface area contributed by atoms with Crippen LogP contribution in [0.5, 0.6) is 0 Å². The Hall–Kier alpha value is -3.60. The maximum atomic E-state index is 13.3. The predicted molar refractivity (Wildman–Crippen MR) is 132 cm³/mol. The van der Waals surface area contributed by atoms with Crippen LogP contribution in [-0.2, 0) is 23.3 Å². The first-order valence-electron chi connectivity index (χ1n) is 11.5. The van der Waals surface area contributed by atoms with Gasteiger partial charge in [0.15, 0.2) is 5.60 Å². The molecule has 0 amide bonds. The molecule has 0 N–H and O–H groups in total. The summed E-state index contributed by atoms with van der Waals surface area (Å²) in [6, 6.07) is 16.6. The molecule has 5 rings (SSSR count). The molecule has 0 radical (unpaired) electrons. The van der Waals surface area contributed by atoms with Crippen molar-refractivity contribution in [3.8, 4) is 0 Å². The quantitative estimate of drug-likeness (QED) is 0.388. The average Bonchev–Trinajstić information content (AvgIpc) is 3.29. The summed E-state index contributed by atoms with van der Waals surface area (Å²) in [5, 5.41) is 1.10. The molecule has 0 saturated carbocycles. The van der Waals surface area contributed by atoms with E-state index >= 15 is 0 Å². The number of aryl methyl sites for hydroxylation is 2. The number of aromatic nitrogens is 2. The van der Waals surface area contributed by atoms with Crippen molar-refractivity contribution in [1.82, 2.24) is 9.55 Å². The molecule has 5 nitrogen and oxygen atoms in total. The Labute approximate surface area is 194 Å². The van der Waals surface area contributed by atoms with Gasteiger partial charge in [-0.3, -0.25) is 4.98 Å². The smallest absolute Gasteiger partial charge is 0.340 e. The maximum absolute atomic E-state index is 13.3. The van der Waals surface area contributed by atoms with E-state index in [-0.39, 0.29) is 5.97 Å². The first-order chi connectivity index (χ1) is 15.9. The third-order valence-corrected chi connectivity index (χ3v) is 6.93. The molecule has 1 aliphatic heterocycles. The third kappa shape index (κ3) is 2.92. The SMILES string of the molecule is CCc1cc(N(C)C)ccc1C1(c2c(C)n(CC)c3ccccc23)OC(=O)c2ccncc21. The van der Waals surface area contributed by atoms with Crippen molar-refractivity contribution in [3.63, 3.8) is 0 Å². The monoisotopic (exact) mass is 439 g/mol. The molecular weight excluding hydrogens is 410 g/mol. The number of hydrogen-bond donors (Lipinski definition) is 0. The molecule has 1 aliphatic rings. The summed E-state index contributed by atoms with van der Waals surface area (Å²) in [7, 11) is 4.08. The number of cyclic esters (lactones) is 1. The number of anilines is 1. The molecule has 2 aromatic heterocycles. The normalized spacial score (nSPS) is 17.3. The summed E-state index contributed by atoms with van der Waals surface area (Å²) < 4.78 is 8.78. The number of rotatable bonds is 5. The molecule has 33 heavy (non-hydrogen) atoms. The van der Waals surface area contributed by atoms with Crippen molar-refractivity contribution in [2.45, 2.75) is 39.3 Å². The highest BCUT2D eigenvalue weighted by Crippen LogP contribution is 2.51. The Morgan fingerprint density at radius 3 is 2.58 bits per heavy atom. The molecular formula is C28H29N3O2. The summed E-state index contributed by atoms with van der Waals surface area (Å²) in [6.07, 6.45) is 4.28. The van der Waals surface area contributed by atoms with Crippen LogP contribution in [0.1, 0.15) is 52.2 Å². The van der Waals surface area contributed by atoms with Gasteiger partial charge in [-0.2, -0.15) is 0 Å². The van der Waals surface area contributed by atoms with Crippen LogP contribution in [0.3, 0.4) is 0 Å². The number of para-hydroxylation sites is 1. The van der Waals surface area contributed by atoms with E-state index in [1.165, 1.54) is 0 Å². The fraction of sp³-hybridized carbons (Fsp3) is 0.286.